The molecule has 1 unspecified atom stereocenters. The summed E-state index contributed by atoms with van der Waals surface area (Å²) in [6.07, 6.45) is 1.83. The summed E-state index contributed by atoms with van der Waals surface area (Å²) >= 11 is 0. The number of hydrogen-bond donors (Lipinski definition) is 1. The van der Waals surface area contributed by atoms with Gasteiger partial charge in [-0.2, -0.15) is 4.98 Å². The second-order valence-electron chi connectivity index (χ2n) is 5.28. The largest absolute Gasteiger partial charge is 0.384 e. The number of nitrogens with one attached hydrogen (secondary N) is 1. The number of nitrogens with zero attached hydrogens (tertiary/aromatic N) is 4. The standard InChI is InChI=1S/C14H25N5O2.HI/c1-4-15-14(19-8-6-12(9-19)10-20-3)16-7-5-13-17-11(2)18-21-13;/h12H,4-10H2,1-3H3,(H,15,16);1H. The van der Waals surface area contributed by atoms with Crippen molar-refractivity contribution in [1.82, 2.24) is 20.4 Å². The Morgan fingerprint density at radius 2 is 2.36 bits per heavy atom. The number of aliphatic imine (C=N–C) groups is 1. The van der Waals surface area contributed by atoms with Gasteiger partial charge in [0.25, 0.3) is 0 Å². The van der Waals surface area contributed by atoms with E-state index in [4.69, 9.17) is 9.26 Å². The number of ether oxygens (including phenoxy) is 1. The minimum Gasteiger partial charge on any atom is -0.384 e. The monoisotopic (exact) mass is 423 g/mol. The molecule has 22 heavy (non-hydrogen) atoms. The molecular weight excluding hydrogens is 397 g/mol. The van der Waals surface area contributed by atoms with Crippen molar-refractivity contribution in [1.29, 1.82) is 0 Å². The zero-order valence-corrected chi connectivity index (χ0v) is 15.9. The van der Waals surface area contributed by atoms with Crippen LogP contribution in [0.4, 0.5) is 0 Å². The fourth-order valence-corrected chi connectivity index (χ4v) is 2.52. The summed E-state index contributed by atoms with van der Waals surface area (Å²) < 4.78 is 10.3. The third kappa shape index (κ3) is 5.71. The molecule has 0 bridgehead atoms. The number of hydrogen-bond acceptors (Lipinski definition) is 5. The third-order valence-corrected chi connectivity index (χ3v) is 3.48. The van der Waals surface area contributed by atoms with Crippen molar-refractivity contribution in [2.45, 2.75) is 26.7 Å². The molecule has 1 saturated heterocycles. The van der Waals surface area contributed by atoms with E-state index in [0.29, 0.717) is 30.6 Å². The van der Waals surface area contributed by atoms with Crippen molar-refractivity contribution in [2.24, 2.45) is 10.9 Å². The molecule has 0 aliphatic carbocycles. The maximum Gasteiger partial charge on any atom is 0.228 e. The van der Waals surface area contributed by atoms with Gasteiger partial charge >= 0.3 is 0 Å². The normalized spacial score (nSPS) is 18.4. The first kappa shape index (κ1) is 19.1. The molecule has 1 aromatic rings. The van der Waals surface area contributed by atoms with Crippen molar-refractivity contribution in [3.05, 3.63) is 11.7 Å². The number of rotatable bonds is 6. The maximum absolute atomic E-state index is 5.24. The van der Waals surface area contributed by atoms with Gasteiger partial charge in [0.05, 0.1) is 13.2 Å². The molecule has 7 nitrogen and oxygen atoms in total. The molecule has 1 fully saturated rings. The molecule has 0 spiro atoms. The van der Waals surface area contributed by atoms with Crippen LogP contribution in [-0.2, 0) is 11.2 Å². The van der Waals surface area contributed by atoms with Crippen molar-refractivity contribution in [2.75, 3.05) is 39.9 Å². The Labute approximate surface area is 148 Å². The highest BCUT2D eigenvalue weighted by Crippen LogP contribution is 2.16. The van der Waals surface area contributed by atoms with E-state index in [-0.39, 0.29) is 24.0 Å². The van der Waals surface area contributed by atoms with Crippen LogP contribution >= 0.6 is 24.0 Å². The average Bonchev–Trinajstić information content (AvgIpc) is 3.08. The second kappa shape index (κ2) is 9.98. The van der Waals surface area contributed by atoms with Gasteiger partial charge in [0, 0.05) is 39.1 Å². The molecule has 8 heteroatoms. The molecule has 0 amide bonds. The van der Waals surface area contributed by atoms with Crippen LogP contribution in [0.2, 0.25) is 0 Å². The molecule has 2 rings (SSSR count). The summed E-state index contributed by atoms with van der Waals surface area (Å²) in [4.78, 5) is 11.1. The Morgan fingerprint density at radius 1 is 1.55 bits per heavy atom. The van der Waals surface area contributed by atoms with Gasteiger partial charge in [0.15, 0.2) is 11.8 Å². The predicted octanol–water partition coefficient (Wildman–Crippen LogP) is 1.47. The zero-order valence-electron chi connectivity index (χ0n) is 13.5. The SMILES string of the molecule is CCNC(=NCCc1nc(C)no1)N1CCC(COC)C1.I. The van der Waals surface area contributed by atoms with Gasteiger partial charge in [0.1, 0.15) is 0 Å². The Kier molecular flexibility index (Phi) is 8.69. The quantitative estimate of drug-likeness (QED) is 0.425. The highest BCUT2D eigenvalue weighted by atomic mass is 127. The molecule has 2 heterocycles. The van der Waals surface area contributed by atoms with Crippen LogP contribution in [0, 0.1) is 12.8 Å². The third-order valence-electron chi connectivity index (χ3n) is 3.48. The summed E-state index contributed by atoms with van der Waals surface area (Å²) in [6, 6.07) is 0. The van der Waals surface area contributed by atoms with Crippen LogP contribution in [-0.4, -0.2) is 60.9 Å². The summed E-state index contributed by atoms with van der Waals surface area (Å²) in [6.45, 7) is 8.26. The number of likely N-dealkylation sites (tertiary alicyclic amines) is 1. The van der Waals surface area contributed by atoms with E-state index in [2.05, 4.69) is 32.3 Å². The minimum absolute atomic E-state index is 0. The summed E-state index contributed by atoms with van der Waals surface area (Å²) in [7, 11) is 1.76. The van der Waals surface area contributed by atoms with E-state index in [1.807, 2.05) is 6.92 Å². The Balaban J connectivity index is 0.00000242. The highest BCUT2D eigenvalue weighted by molar-refractivity contribution is 14.0. The lowest BCUT2D eigenvalue weighted by Crippen LogP contribution is -2.40. The second-order valence-corrected chi connectivity index (χ2v) is 5.28. The van der Waals surface area contributed by atoms with Gasteiger partial charge in [0.2, 0.25) is 5.89 Å². The maximum atomic E-state index is 5.24. The number of aryl methyl sites for hydroxylation is 1. The van der Waals surface area contributed by atoms with Gasteiger partial charge in [-0.05, 0) is 20.3 Å². The Morgan fingerprint density at radius 3 is 3.00 bits per heavy atom. The molecule has 0 aromatic carbocycles. The molecule has 1 aliphatic heterocycles. The molecule has 126 valence electrons. The fourth-order valence-electron chi connectivity index (χ4n) is 2.52. The minimum atomic E-state index is 0. The molecular formula is C14H26IN5O2. The molecule has 0 radical (unpaired) electrons. The van der Waals surface area contributed by atoms with Crippen LogP contribution in [0.5, 0.6) is 0 Å². The zero-order chi connectivity index (χ0) is 15.1. The van der Waals surface area contributed by atoms with Gasteiger partial charge in [-0.3, -0.25) is 4.99 Å². The van der Waals surface area contributed by atoms with Crippen LogP contribution in [0.15, 0.2) is 9.52 Å². The van der Waals surface area contributed by atoms with Gasteiger partial charge in [-0.25, -0.2) is 0 Å². The van der Waals surface area contributed by atoms with Crippen molar-refractivity contribution in [3.63, 3.8) is 0 Å². The van der Waals surface area contributed by atoms with E-state index >= 15 is 0 Å². The van der Waals surface area contributed by atoms with Gasteiger partial charge < -0.3 is 19.5 Å². The molecule has 1 N–H and O–H groups in total. The van der Waals surface area contributed by atoms with E-state index in [0.717, 1.165) is 38.6 Å². The van der Waals surface area contributed by atoms with Gasteiger partial charge in [-0.15, -0.1) is 24.0 Å². The number of halogens is 1. The van der Waals surface area contributed by atoms with Crippen molar-refractivity contribution < 1.29 is 9.26 Å². The molecule has 0 saturated carbocycles. The lowest BCUT2D eigenvalue weighted by molar-refractivity contribution is 0.157. The van der Waals surface area contributed by atoms with Crippen LogP contribution in [0.25, 0.3) is 0 Å². The topological polar surface area (TPSA) is 75.8 Å². The highest BCUT2D eigenvalue weighted by Gasteiger charge is 2.24. The lowest BCUT2D eigenvalue weighted by Gasteiger charge is -2.21. The first-order valence-corrected chi connectivity index (χ1v) is 7.54. The van der Waals surface area contributed by atoms with Crippen LogP contribution in [0.3, 0.4) is 0 Å². The van der Waals surface area contributed by atoms with E-state index in [1.165, 1.54) is 0 Å². The van der Waals surface area contributed by atoms with Crippen LogP contribution in [0.1, 0.15) is 25.1 Å². The molecule has 1 atom stereocenters. The molecule has 1 aliphatic rings. The first-order valence-electron chi connectivity index (χ1n) is 7.54. The number of methoxy groups -OCH3 is 1. The van der Waals surface area contributed by atoms with E-state index in [1.54, 1.807) is 7.11 Å². The number of aromatic nitrogens is 2. The number of guanidine groups is 1. The van der Waals surface area contributed by atoms with E-state index < -0.39 is 0 Å². The van der Waals surface area contributed by atoms with Gasteiger partial charge in [-0.1, -0.05) is 5.16 Å². The van der Waals surface area contributed by atoms with Crippen LogP contribution < -0.4 is 5.32 Å². The van der Waals surface area contributed by atoms with E-state index in [9.17, 15) is 0 Å². The lowest BCUT2D eigenvalue weighted by atomic mass is 10.1. The van der Waals surface area contributed by atoms with Crippen molar-refractivity contribution >= 4 is 29.9 Å². The summed E-state index contributed by atoms with van der Waals surface area (Å²) in [5.41, 5.74) is 0. The smallest absolute Gasteiger partial charge is 0.228 e. The Hall–Kier alpha value is -0.900. The first-order chi connectivity index (χ1) is 10.2. The average molecular weight is 423 g/mol. The fraction of sp³-hybridized carbons (Fsp3) is 0.786. The Bertz CT molecular complexity index is 466. The van der Waals surface area contributed by atoms with Crippen molar-refractivity contribution in [3.8, 4) is 0 Å². The summed E-state index contributed by atoms with van der Waals surface area (Å²) in [5.74, 6) is 2.87. The molecule has 1 aromatic heterocycles. The predicted molar refractivity (Wildman–Crippen MR) is 95.7 cm³/mol. The summed E-state index contributed by atoms with van der Waals surface area (Å²) in [5, 5.41) is 7.13.